The first-order valence-electron chi connectivity index (χ1n) is 10.6. The summed E-state index contributed by atoms with van der Waals surface area (Å²) in [5, 5.41) is 0. The highest BCUT2D eigenvalue weighted by Gasteiger charge is 2.64. The van der Waals surface area contributed by atoms with Gasteiger partial charge in [0.15, 0.2) is 11.6 Å². The molecule has 0 amide bonds. The number of ketones is 1. The monoisotopic (exact) mass is 374 g/mol. The molecule has 1 saturated heterocycles. The Kier molecular flexibility index (Phi) is 4.07. The highest BCUT2D eigenvalue weighted by atomic mass is 16.7. The van der Waals surface area contributed by atoms with E-state index in [9.17, 15) is 9.59 Å². The summed E-state index contributed by atoms with van der Waals surface area (Å²) in [4.78, 5) is 23.8. The first-order valence-corrected chi connectivity index (χ1v) is 10.6. The van der Waals surface area contributed by atoms with E-state index in [1.165, 1.54) is 6.92 Å². The smallest absolute Gasteiger partial charge is 0.302 e. The van der Waals surface area contributed by atoms with Crippen LogP contribution in [-0.2, 0) is 23.8 Å². The summed E-state index contributed by atoms with van der Waals surface area (Å²) >= 11 is 0. The summed E-state index contributed by atoms with van der Waals surface area (Å²) in [5.74, 6) is 1.55. The van der Waals surface area contributed by atoms with E-state index in [-0.39, 0.29) is 29.2 Å². The Bertz CT molecular complexity index is 678. The molecule has 0 aromatic heterocycles. The molecule has 1 aliphatic heterocycles. The van der Waals surface area contributed by atoms with Gasteiger partial charge in [-0.3, -0.25) is 9.59 Å². The van der Waals surface area contributed by atoms with Crippen molar-refractivity contribution in [2.45, 2.75) is 64.3 Å². The lowest BCUT2D eigenvalue weighted by Gasteiger charge is -2.58. The second-order valence-electron chi connectivity index (χ2n) is 9.58. The Morgan fingerprint density at radius 1 is 1.15 bits per heavy atom. The molecule has 5 nitrogen and oxygen atoms in total. The van der Waals surface area contributed by atoms with E-state index in [2.05, 4.69) is 13.0 Å². The topological polar surface area (TPSA) is 61.8 Å². The van der Waals surface area contributed by atoms with Crippen LogP contribution in [-0.4, -0.2) is 36.9 Å². The maximum absolute atomic E-state index is 12.2. The molecule has 148 valence electrons. The Hall–Kier alpha value is -1.20. The highest BCUT2D eigenvalue weighted by molar-refractivity contribution is 5.90. The van der Waals surface area contributed by atoms with Gasteiger partial charge in [-0.25, -0.2) is 0 Å². The van der Waals surface area contributed by atoms with Gasteiger partial charge in [-0.1, -0.05) is 13.0 Å². The number of hydrogen-bond donors (Lipinski definition) is 0. The van der Waals surface area contributed by atoms with Crippen molar-refractivity contribution >= 4 is 11.8 Å². The van der Waals surface area contributed by atoms with Gasteiger partial charge in [0.1, 0.15) is 6.10 Å². The molecule has 3 saturated carbocycles. The lowest BCUT2D eigenvalue weighted by molar-refractivity contribution is -0.258. The maximum Gasteiger partial charge on any atom is 0.302 e. The summed E-state index contributed by atoms with van der Waals surface area (Å²) in [6, 6.07) is 0. The number of ether oxygens (including phenoxy) is 3. The van der Waals surface area contributed by atoms with E-state index in [1.54, 1.807) is 6.08 Å². The van der Waals surface area contributed by atoms with Gasteiger partial charge in [0, 0.05) is 31.1 Å². The molecule has 7 atom stereocenters. The third-order valence-corrected chi connectivity index (χ3v) is 8.46. The zero-order valence-electron chi connectivity index (χ0n) is 16.3. The molecule has 5 heteroatoms. The highest BCUT2D eigenvalue weighted by Crippen LogP contribution is 2.64. The largest absolute Gasteiger partial charge is 0.462 e. The van der Waals surface area contributed by atoms with Crippen LogP contribution < -0.4 is 0 Å². The molecule has 4 aliphatic carbocycles. The van der Waals surface area contributed by atoms with Crippen molar-refractivity contribution in [3.05, 3.63) is 12.2 Å². The number of fused-ring (bicyclic) bond motifs is 6. The molecule has 0 aromatic carbocycles. The second kappa shape index (κ2) is 6.15. The summed E-state index contributed by atoms with van der Waals surface area (Å²) in [6.07, 6.45) is 9.69. The average molecular weight is 374 g/mol. The quantitative estimate of drug-likeness (QED) is 0.659. The predicted octanol–water partition coefficient (Wildman–Crippen LogP) is 3.27. The molecule has 0 unspecified atom stereocenters. The normalized spacial score (nSPS) is 47.4. The number of hydrogen-bond acceptors (Lipinski definition) is 5. The summed E-state index contributed by atoms with van der Waals surface area (Å²) < 4.78 is 18.2. The van der Waals surface area contributed by atoms with E-state index in [0.717, 1.165) is 32.1 Å². The van der Waals surface area contributed by atoms with Crippen molar-refractivity contribution in [1.82, 2.24) is 0 Å². The second-order valence-corrected chi connectivity index (χ2v) is 9.58. The van der Waals surface area contributed by atoms with Crippen molar-refractivity contribution in [3.8, 4) is 0 Å². The van der Waals surface area contributed by atoms with Gasteiger partial charge in [0.05, 0.1) is 13.2 Å². The zero-order chi connectivity index (χ0) is 18.8. The SMILES string of the molecule is CC(=O)O[C@H]1CC[C@H]2[C@@H]3CC4(OCCO4)[C@H]4CC(=O)C=C[C@@H]4[C@H]3CC[C@]12C. The van der Waals surface area contributed by atoms with E-state index in [0.29, 0.717) is 43.3 Å². The number of esters is 1. The van der Waals surface area contributed by atoms with Gasteiger partial charge in [-0.2, -0.15) is 0 Å². The van der Waals surface area contributed by atoms with Crippen LogP contribution in [0, 0.1) is 35.0 Å². The van der Waals surface area contributed by atoms with Crippen LogP contribution in [0.5, 0.6) is 0 Å². The summed E-state index contributed by atoms with van der Waals surface area (Å²) in [6.45, 7) is 5.09. The fourth-order valence-corrected chi connectivity index (χ4v) is 7.38. The van der Waals surface area contributed by atoms with Crippen LogP contribution in [0.4, 0.5) is 0 Å². The van der Waals surface area contributed by atoms with Crippen LogP contribution in [0.3, 0.4) is 0 Å². The Labute approximate surface area is 160 Å². The van der Waals surface area contributed by atoms with Gasteiger partial charge in [0.2, 0.25) is 0 Å². The minimum atomic E-state index is -0.593. The minimum Gasteiger partial charge on any atom is -0.462 e. The molecule has 5 rings (SSSR count). The fourth-order valence-electron chi connectivity index (χ4n) is 7.38. The van der Waals surface area contributed by atoms with E-state index < -0.39 is 5.79 Å². The number of carbonyl (C=O) groups excluding carboxylic acids is 2. The third kappa shape index (κ3) is 2.57. The van der Waals surface area contributed by atoms with Gasteiger partial charge < -0.3 is 14.2 Å². The lowest BCUT2D eigenvalue weighted by atomic mass is 9.50. The van der Waals surface area contributed by atoms with Crippen LogP contribution in [0.25, 0.3) is 0 Å². The molecule has 0 aromatic rings. The number of rotatable bonds is 1. The third-order valence-electron chi connectivity index (χ3n) is 8.46. The number of carbonyl (C=O) groups is 2. The van der Waals surface area contributed by atoms with Crippen molar-refractivity contribution in [1.29, 1.82) is 0 Å². The van der Waals surface area contributed by atoms with Crippen molar-refractivity contribution in [3.63, 3.8) is 0 Å². The molecule has 1 heterocycles. The molecule has 1 spiro atoms. The molecular formula is C22H30O5. The zero-order valence-corrected chi connectivity index (χ0v) is 16.3. The minimum absolute atomic E-state index is 0.0310. The number of allylic oxidation sites excluding steroid dienone is 2. The summed E-state index contributed by atoms with van der Waals surface area (Å²) in [5.41, 5.74) is 0.0493. The van der Waals surface area contributed by atoms with Crippen LogP contribution in [0.1, 0.15) is 52.4 Å². The molecule has 0 N–H and O–H groups in total. The van der Waals surface area contributed by atoms with Crippen molar-refractivity contribution in [2.24, 2.45) is 35.0 Å². The first kappa shape index (κ1) is 17.9. The van der Waals surface area contributed by atoms with Crippen LogP contribution in [0.15, 0.2) is 12.2 Å². The summed E-state index contributed by atoms with van der Waals surface area (Å²) in [7, 11) is 0. The Balaban J connectivity index is 1.49. The average Bonchev–Trinajstić information content (AvgIpc) is 3.21. The molecule has 27 heavy (non-hydrogen) atoms. The standard InChI is InChI=1S/C22H30O5/c1-13(23)27-20-6-5-18-17-12-22(25-9-10-26-22)19-11-14(24)3-4-16(19)15(17)7-8-21(18,20)2/h3-4,15-20H,5-12H2,1-2H3/t15-,16-,17-,18+,19+,20+,21+/m1/s1. The van der Waals surface area contributed by atoms with E-state index in [4.69, 9.17) is 14.2 Å². The maximum atomic E-state index is 12.2. The van der Waals surface area contributed by atoms with E-state index >= 15 is 0 Å². The molecule has 4 fully saturated rings. The van der Waals surface area contributed by atoms with Gasteiger partial charge >= 0.3 is 5.97 Å². The first-order chi connectivity index (χ1) is 12.9. The van der Waals surface area contributed by atoms with Crippen molar-refractivity contribution < 1.29 is 23.8 Å². The van der Waals surface area contributed by atoms with Crippen molar-refractivity contribution in [2.75, 3.05) is 13.2 Å². The Morgan fingerprint density at radius 3 is 2.67 bits per heavy atom. The molecule has 5 aliphatic rings. The van der Waals surface area contributed by atoms with Crippen LogP contribution in [0.2, 0.25) is 0 Å². The Morgan fingerprint density at radius 2 is 1.93 bits per heavy atom. The molecule has 0 radical (unpaired) electrons. The fraction of sp³-hybridized carbons (Fsp3) is 0.818. The molecular weight excluding hydrogens is 344 g/mol. The predicted molar refractivity (Wildman–Crippen MR) is 97.6 cm³/mol. The van der Waals surface area contributed by atoms with Crippen LogP contribution >= 0.6 is 0 Å². The van der Waals surface area contributed by atoms with Gasteiger partial charge in [0.25, 0.3) is 0 Å². The van der Waals surface area contributed by atoms with Gasteiger partial charge in [-0.05, 0) is 55.4 Å². The van der Waals surface area contributed by atoms with Gasteiger partial charge in [-0.15, -0.1) is 0 Å². The lowest BCUT2D eigenvalue weighted by Crippen LogP contribution is -2.58. The van der Waals surface area contributed by atoms with E-state index in [1.807, 2.05) is 0 Å². The molecule has 0 bridgehead atoms.